The summed E-state index contributed by atoms with van der Waals surface area (Å²) in [5.41, 5.74) is -0.399. The highest BCUT2D eigenvalue weighted by molar-refractivity contribution is 6.34. The largest absolute Gasteiger partial charge is 0.480 e. The Labute approximate surface area is 225 Å². The maximum absolute atomic E-state index is 15.3. The minimum Gasteiger partial charge on any atom is -0.480 e. The van der Waals surface area contributed by atoms with E-state index in [-0.39, 0.29) is 28.9 Å². The van der Waals surface area contributed by atoms with Crippen molar-refractivity contribution in [1.29, 1.82) is 0 Å². The van der Waals surface area contributed by atoms with Crippen molar-refractivity contribution in [2.45, 2.75) is 25.8 Å². The maximum atomic E-state index is 15.3. The molecule has 1 heterocycles. The van der Waals surface area contributed by atoms with E-state index in [1.165, 1.54) is 22.9 Å². The molecular formula is C27H21ClF5N3O3. The molecule has 1 aromatic heterocycles. The number of carbonyl (C=O) groups excluding carboxylic acids is 1. The van der Waals surface area contributed by atoms with Crippen molar-refractivity contribution in [2.75, 3.05) is 5.32 Å². The smallest absolute Gasteiger partial charge is 0.425 e. The predicted octanol–water partition coefficient (Wildman–Crippen LogP) is 7.18. The molecule has 1 amide bonds. The number of nitrogens with one attached hydrogen (secondary N) is 1. The summed E-state index contributed by atoms with van der Waals surface area (Å²) >= 11 is 5.93. The van der Waals surface area contributed by atoms with Crippen molar-refractivity contribution in [3.05, 3.63) is 94.6 Å². The molecule has 1 N–H and O–H groups in total. The number of hydrogen-bond donors (Lipinski definition) is 1. The van der Waals surface area contributed by atoms with Gasteiger partial charge in [-0.1, -0.05) is 48.0 Å². The van der Waals surface area contributed by atoms with Gasteiger partial charge in [-0.25, -0.2) is 8.78 Å². The van der Waals surface area contributed by atoms with Gasteiger partial charge in [-0.3, -0.25) is 4.79 Å². The Balaban J connectivity index is 1.70. The van der Waals surface area contributed by atoms with Crippen LogP contribution in [0.2, 0.25) is 5.02 Å². The predicted molar refractivity (Wildman–Crippen MR) is 135 cm³/mol. The minimum absolute atomic E-state index is 0.0201. The van der Waals surface area contributed by atoms with Gasteiger partial charge < -0.3 is 19.4 Å². The molecule has 6 nitrogen and oxygen atoms in total. The van der Waals surface area contributed by atoms with Crippen molar-refractivity contribution in [1.82, 2.24) is 9.55 Å². The number of hydrogen-bond acceptors (Lipinski definition) is 4. The normalized spacial score (nSPS) is 12.2. The number of imidazole rings is 1. The lowest BCUT2D eigenvalue weighted by Crippen LogP contribution is -2.32. The monoisotopic (exact) mass is 565 g/mol. The summed E-state index contributed by atoms with van der Waals surface area (Å²) in [5.74, 6) is -3.61. The third-order valence-electron chi connectivity index (χ3n) is 5.60. The molecule has 0 bridgehead atoms. The van der Waals surface area contributed by atoms with Gasteiger partial charge in [0, 0.05) is 18.8 Å². The number of rotatable bonds is 8. The van der Waals surface area contributed by atoms with E-state index in [0.29, 0.717) is 6.07 Å². The molecule has 0 unspecified atom stereocenters. The Morgan fingerprint density at radius 1 is 1.08 bits per heavy atom. The fraction of sp³-hybridized carbons (Fsp3) is 0.185. The first-order chi connectivity index (χ1) is 18.4. The third kappa shape index (κ3) is 6.48. The first-order valence-electron chi connectivity index (χ1n) is 11.5. The number of nitrogens with zero attached hydrogens (tertiary/aromatic N) is 2. The quantitative estimate of drug-likeness (QED) is 0.230. The van der Waals surface area contributed by atoms with Gasteiger partial charge in [0.25, 0.3) is 11.9 Å². The molecule has 0 spiro atoms. The van der Waals surface area contributed by atoms with Crippen LogP contribution in [0.25, 0.3) is 11.3 Å². The number of aromatic nitrogens is 2. The third-order valence-corrected chi connectivity index (χ3v) is 5.92. The molecule has 12 heteroatoms. The number of aryl methyl sites for hydroxylation is 1. The van der Waals surface area contributed by atoms with Crippen molar-refractivity contribution in [3.8, 4) is 23.0 Å². The zero-order valence-electron chi connectivity index (χ0n) is 20.5. The van der Waals surface area contributed by atoms with E-state index in [1.54, 1.807) is 7.05 Å². The number of halogens is 6. The van der Waals surface area contributed by atoms with Crippen LogP contribution in [0.3, 0.4) is 0 Å². The van der Waals surface area contributed by atoms with Gasteiger partial charge in [0.15, 0.2) is 6.10 Å². The number of para-hydroxylation sites is 1. The van der Waals surface area contributed by atoms with Crippen LogP contribution in [0.4, 0.5) is 27.6 Å². The summed E-state index contributed by atoms with van der Waals surface area (Å²) in [7, 11) is 1.60. The van der Waals surface area contributed by atoms with Crippen LogP contribution in [0.5, 0.6) is 11.8 Å². The Morgan fingerprint density at radius 2 is 1.79 bits per heavy atom. The number of alkyl halides is 3. The average molecular weight is 566 g/mol. The van der Waals surface area contributed by atoms with Crippen molar-refractivity contribution < 1.29 is 36.2 Å². The average Bonchev–Trinajstić information content (AvgIpc) is 3.25. The van der Waals surface area contributed by atoms with E-state index in [2.05, 4.69) is 10.3 Å². The summed E-state index contributed by atoms with van der Waals surface area (Å²) in [6, 6.07) is 14.5. The molecule has 0 radical (unpaired) electrons. The van der Waals surface area contributed by atoms with E-state index >= 15 is 4.39 Å². The summed E-state index contributed by atoms with van der Waals surface area (Å²) in [5, 5.41) is 2.00. The van der Waals surface area contributed by atoms with Gasteiger partial charge in [0.1, 0.15) is 24.0 Å². The van der Waals surface area contributed by atoms with E-state index < -0.39 is 46.8 Å². The first-order valence-corrected chi connectivity index (χ1v) is 11.8. The second-order valence-electron chi connectivity index (χ2n) is 8.47. The highest BCUT2D eigenvalue weighted by Gasteiger charge is 2.39. The molecule has 4 rings (SSSR count). The SMILES string of the molecule is C[C@H](Oc1cc(-c2cn(C)c(OCc3ccccc3)n2)c(F)cc1C(=O)Nc1c(F)cccc1Cl)C(F)(F)F. The Hall–Kier alpha value is -4.12. The van der Waals surface area contributed by atoms with Crippen LogP contribution in [0.1, 0.15) is 22.8 Å². The molecule has 0 aliphatic rings. The van der Waals surface area contributed by atoms with E-state index in [9.17, 15) is 22.4 Å². The van der Waals surface area contributed by atoms with Crippen LogP contribution in [-0.4, -0.2) is 27.7 Å². The second kappa shape index (κ2) is 11.3. The lowest BCUT2D eigenvalue weighted by atomic mass is 10.1. The molecule has 0 aliphatic carbocycles. The topological polar surface area (TPSA) is 65.4 Å². The fourth-order valence-electron chi connectivity index (χ4n) is 3.52. The number of amides is 1. The molecule has 39 heavy (non-hydrogen) atoms. The van der Waals surface area contributed by atoms with Crippen LogP contribution in [-0.2, 0) is 13.7 Å². The van der Waals surface area contributed by atoms with E-state index in [1.807, 2.05) is 30.3 Å². The van der Waals surface area contributed by atoms with Gasteiger partial charge in [0.2, 0.25) is 0 Å². The van der Waals surface area contributed by atoms with Gasteiger partial charge in [-0.05, 0) is 36.8 Å². The number of ether oxygens (including phenoxy) is 2. The molecular weight excluding hydrogens is 545 g/mol. The van der Waals surface area contributed by atoms with Crippen LogP contribution in [0, 0.1) is 11.6 Å². The lowest BCUT2D eigenvalue weighted by molar-refractivity contribution is -0.189. The first kappa shape index (κ1) is 27.9. The molecule has 0 saturated carbocycles. The van der Waals surface area contributed by atoms with Crippen molar-refractivity contribution in [3.63, 3.8) is 0 Å². The van der Waals surface area contributed by atoms with Gasteiger partial charge >= 0.3 is 6.18 Å². The van der Waals surface area contributed by atoms with E-state index in [0.717, 1.165) is 24.6 Å². The number of anilines is 1. The molecule has 0 aliphatic heterocycles. The zero-order valence-corrected chi connectivity index (χ0v) is 21.3. The molecule has 0 saturated heterocycles. The molecule has 4 aromatic rings. The highest BCUT2D eigenvalue weighted by Crippen LogP contribution is 2.35. The Bertz CT molecular complexity index is 1470. The summed E-state index contributed by atoms with van der Waals surface area (Å²) < 4.78 is 81.6. The molecule has 204 valence electrons. The second-order valence-corrected chi connectivity index (χ2v) is 8.88. The van der Waals surface area contributed by atoms with Gasteiger partial charge in [0.05, 0.1) is 22.0 Å². The molecule has 3 aromatic carbocycles. The van der Waals surface area contributed by atoms with Gasteiger partial charge in [-0.2, -0.15) is 18.2 Å². The number of benzene rings is 3. The fourth-order valence-corrected chi connectivity index (χ4v) is 3.73. The number of carbonyl (C=O) groups is 1. The molecule has 1 atom stereocenters. The summed E-state index contributed by atoms with van der Waals surface area (Å²) in [4.78, 5) is 17.2. The highest BCUT2D eigenvalue weighted by atomic mass is 35.5. The molecule has 0 fully saturated rings. The van der Waals surface area contributed by atoms with Crippen LogP contribution in [0.15, 0.2) is 66.9 Å². The lowest BCUT2D eigenvalue weighted by Gasteiger charge is -2.20. The van der Waals surface area contributed by atoms with Crippen molar-refractivity contribution in [2.24, 2.45) is 7.05 Å². The minimum atomic E-state index is -4.79. The Morgan fingerprint density at radius 3 is 2.46 bits per heavy atom. The van der Waals surface area contributed by atoms with Crippen LogP contribution < -0.4 is 14.8 Å². The van der Waals surface area contributed by atoms with E-state index in [4.69, 9.17) is 21.1 Å². The summed E-state index contributed by atoms with van der Waals surface area (Å²) in [6.45, 7) is 0.900. The Kier molecular flexibility index (Phi) is 8.10. The summed E-state index contributed by atoms with van der Waals surface area (Å²) in [6.07, 6.45) is -5.73. The van der Waals surface area contributed by atoms with Gasteiger partial charge in [-0.15, -0.1) is 0 Å². The van der Waals surface area contributed by atoms with Crippen LogP contribution >= 0.6 is 11.6 Å². The zero-order chi connectivity index (χ0) is 28.3. The maximum Gasteiger partial charge on any atom is 0.425 e. The van der Waals surface area contributed by atoms with Crippen molar-refractivity contribution >= 4 is 23.2 Å². The standard InChI is InChI=1S/C27H21ClF5N3O3/c1-15(27(31,32)33)39-23-12-17(22-13-36(2)26(34-22)38-14-16-7-4-3-5-8-16)21(30)11-18(23)25(37)35-24-19(28)9-6-10-20(24)29/h3-13,15H,14H2,1-2H3,(H,35,37)/t15-/m0/s1.